The fraction of sp³-hybridized carbons (Fsp3) is 0.889. The van der Waals surface area contributed by atoms with Gasteiger partial charge in [-0.05, 0) is 19.1 Å². The van der Waals surface area contributed by atoms with E-state index in [1.165, 1.54) is 0 Å². The van der Waals surface area contributed by atoms with Crippen molar-refractivity contribution in [3.63, 3.8) is 0 Å². The maximum Gasteiger partial charge on any atom is 0.251 e. The molecule has 0 aromatic heterocycles. The van der Waals surface area contributed by atoms with Crippen molar-refractivity contribution in [3.05, 3.63) is 0 Å². The number of thioether (sulfide) groups is 1. The Morgan fingerprint density at radius 2 is 2.07 bits per heavy atom. The van der Waals surface area contributed by atoms with Gasteiger partial charge < -0.3 is 5.73 Å². The number of hydrogen-bond acceptors (Lipinski definition) is 3. The van der Waals surface area contributed by atoms with Crippen molar-refractivity contribution in [1.29, 1.82) is 0 Å². The number of nitrogens with two attached hydrogens (primary N) is 1. The largest absolute Gasteiger partial charge is 0.392 e. The Morgan fingerprint density at radius 3 is 2.40 bits per heavy atom. The SMILES string of the molecule is CSC1(C(N)=S)CCN(CC(F)F)CC1. The van der Waals surface area contributed by atoms with Gasteiger partial charge in [0.1, 0.15) is 0 Å². The zero-order valence-electron chi connectivity index (χ0n) is 8.71. The first-order valence-electron chi connectivity index (χ1n) is 4.86. The molecular weight excluding hydrogens is 238 g/mol. The monoisotopic (exact) mass is 254 g/mol. The van der Waals surface area contributed by atoms with E-state index in [1.807, 2.05) is 6.26 Å². The predicted octanol–water partition coefficient (Wildman–Crippen LogP) is 1.74. The van der Waals surface area contributed by atoms with Gasteiger partial charge in [-0.1, -0.05) is 12.2 Å². The summed E-state index contributed by atoms with van der Waals surface area (Å²) in [6.07, 6.45) is 1.27. The van der Waals surface area contributed by atoms with Crippen molar-refractivity contribution in [2.45, 2.75) is 24.0 Å². The second-order valence-electron chi connectivity index (χ2n) is 3.75. The Labute approximate surface area is 98.6 Å². The molecular formula is C9H16F2N2S2. The quantitative estimate of drug-likeness (QED) is 0.774. The third-order valence-electron chi connectivity index (χ3n) is 2.90. The van der Waals surface area contributed by atoms with Crippen molar-refractivity contribution in [2.24, 2.45) is 5.73 Å². The van der Waals surface area contributed by atoms with E-state index in [9.17, 15) is 8.78 Å². The summed E-state index contributed by atoms with van der Waals surface area (Å²) in [4.78, 5) is 2.28. The fourth-order valence-electron chi connectivity index (χ4n) is 1.84. The number of alkyl halides is 2. The van der Waals surface area contributed by atoms with Crippen molar-refractivity contribution in [1.82, 2.24) is 4.90 Å². The number of thiocarbonyl (C=S) groups is 1. The van der Waals surface area contributed by atoms with E-state index in [0.29, 0.717) is 18.1 Å². The highest BCUT2D eigenvalue weighted by molar-refractivity contribution is 8.01. The first-order valence-corrected chi connectivity index (χ1v) is 6.49. The molecule has 0 amide bonds. The molecule has 2 nitrogen and oxygen atoms in total. The Balaban J connectivity index is 2.50. The van der Waals surface area contributed by atoms with Crippen LogP contribution in [0.25, 0.3) is 0 Å². The van der Waals surface area contributed by atoms with E-state index in [-0.39, 0.29) is 11.3 Å². The third-order valence-corrected chi connectivity index (χ3v) is 4.83. The number of halogens is 2. The molecule has 88 valence electrons. The molecule has 1 aliphatic heterocycles. The molecule has 0 unspecified atom stereocenters. The molecule has 0 aliphatic carbocycles. The first kappa shape index (κ1) is 13.1. The van der Waals surface area contributed by atoms with Gasteiger partial charge in [0.05, 0.1) is 16.3 Å². The normalized spacial score (nSPS) is 21.9. The van der Waals surface area contributed by atoms with Gasteiger partial charge in [0.2, 0.25) is 0 Å². The number of hydrogen-bond donors (Lipinski definition) is 1. The van der Waals surface area contributed by atoms with E-state index in [1.54, 1.807) is 16.7 Å². The summed E-state index contributed by atoms with van der Waals surface area (Å²) in [6.45, 7) is 1.17. The predicted molar refractivity (Wildman–Crippen MR) is 64.7 cm³/mol. The molecule has 6 heteroatoms. The van der Waals surface area contributed by atoms with Crippen LogP contribution in [0.2, 0.25) is 0 Å². The zero-order chi connectivity index (χ0) is 11.5. The molecule has 1 fully saturated rings. The summed E-state index contributed by atoms with van der Waals surface area (Å²) >= 11 is 6.69. The Morgan fingerprint density at radius 1 is 1.53 bits per heavy atom. The molecule has 0 bridgehead atoms. The minimum Gasteiger partial charge on any atom is -0.392 e. The van der Waals surface area contributed by atoms with E-state index < -0.39 is 6.43 Å². The van der Waals surface area contributed by atoms with Gasteiger partial charge in [-0.2, -0.15) is 11.8 Å². The molecule has 0 saturated carbocycles. The molecule has 0 radical (unpaired) electrons. The summed E-state index contributed by atoms with van der Waals surface area (Å²) in [5.74, 6) is 0. The summed E-state index contributed by atoms with van der Waals surface area (Å²) in [6, 6.07) is 0. The van der Waals surface area contributed by atoms with Crippen LogP contribution in [0.5, 0.6) is 0 Å². The average Bonchev–Trinajstić information content (AvgIpc) is 2.18. The average molecular weight is 254 g/mol. The molecule has 1 rings (SSSR count). The lowest BCUT2D eigenvalue weighted by atomic mass is 9.95. The molecule has 0 atom stereocenters. The molecule has 15 heavy (non-hydrogen) atoms. The van der Waals surface area contributed by atoms with Gasteiger partial charge in [0.15, 0.2) is 0 Å². The van der Waals surface area contributed by atoms with Gasteiger partial charge in [-0.25, -0.2) is 8.78 Å². The minimum absolute atomic E-state index is 0.137. The van der Waals surface area contributed by atoms with Crippen LogP contribution in [0, 0.1) is 0 Å². The smallest absolute Gasteiger partial charge is 0.251 e. The Hall–Kier alpha value is 0.0600. The highest BCUT2D eigenvalue weighted by atomic mass is 32.2. The molecule has 0 aromatic rings. The lowest BCUT2D eigenvalue weighted by molar-refractivity contribution is 0.0771. The van der Waals surface area contributed by atoms with E-state index in [4.69, 9.17) is 18.0 Å². The van der Waals surface area contributed by atoms with Crippen molar-refractivity contribution in [2.75, 3.05) is 25.9 Å². The lowest BCUT2D eigenvalue weighted by Gasteiger charge is -2.39. The summed E-state index contributed by atoms with van der Waals surface area (Å²) in [5.41, 5.74) is 5.70. The van der Waals surface area contributed by atoms with Gasteiger partial charge in [-0.3, -0.25) is 4.90 Å². The van der Waals surface area contributed by atoms with Crippen molar-refractivity contribution >= 4 is 29.0 Å². The molecule has 1 saturated heterocycles. The number of rotatable bonds is 4. The van der Waals surface area contributed by atoms with Crippen LogP contribution in [0.1, 0.15) is 12.8 Å². The van der Waals surface area contributed by atoms with Gasteiger partial charge in [-0.15, -0.1) is 0 Å². The molecule has 0 aromatic carbocycles. The maximum absolute atomic E-state index is 12.2. The third kappa shape index (κ3) is 3.26. The van der Waals surface area contributed by atoms with Crippen LogP contribution in [0.4, 0.5) is 8.78 Å². The van der Waals surface area contributed by atoms with E-state index in [2.05, 4.69) is 0 Å². The first-order chi connectivity index (χ1) is 7.00. The van der Waals surface area contributed by atoms with Crippen LogP contribution in [-0.2, 0) is 0 Å². The lowest BCUT2D eigenvalue weighted by Crippen LogP contribution is -2.50. The van der Waals surface area contributed by atoms with Crippen LogP contribution < -0.4 is 5.73 Å². The number of piperidine rings is 1. The number of likely N-dealkylation sites (tertiary alicyclic amines) is 1. The standard InChI is InChI=1S/C9H16F2N2S2/c1-15-9(8(12)14)2-4-13(5-3-9)6-7(10)11/h7H,2-6H2,1H3,(H2,12,14). The second-order valence-corrected chi connectivity index (χ2v) is 5.38. The molecule has 2 N–H and O–H groups in total. The van der Waals surface area contributed by atoms with Gasteiger partial charge >= 0.3 is 0 Å². The topological polar surface area (TPSA) is 29.3 Å². The van der Waals surface area contributed by atoms with Crippen LogP contribution in [-0.4, -0.2) is 47.0 Å². The fourth-order valence-corrected chi connectivity index (χ4v) is 3.09. The van der Waals surface area contributed by atoms with Crippen LogP contribution in [0.3, 0.4) is 0 Å². The minimum atomic E-state index is -2.25. The zero-order valence-corrected chi connectivity index (χ0v) is 10.3. The van der Waals surface area contributed by atoms with Crippen molar-refractivity contribution in [3.8, 4) is 0 Å². The Kier molecular flexibility index (Phi) is 4.73. The summed E-state index contributed by atoms with van der Waals surface area (Å²) < 4.78 is 24.1. The highest BCUT2D eigenvalue weighted by Gasteiger charge is 2.36. The Bertz CT molecular complexity index is 228. The highest BCUT2D eigenvalue weighted by Crippen LogP contribution is 2.34. The van der Waals surface area contributed by atoms with Gasteiger partial charge in [0, 0.05) is 13.1 Å². The second kappa shape index (κ2) is 5.41. The molecule has 1 aliphatic rings. The summed E-state index contributed by atoms with van der Waals surface area (Å²) in [7, 11) is 0. The van der Waals surface area contributed by atoms with Crippen molar-refractivity contribution < 1.29 is 8.78 Å². The molecule has 1 heterocycles. The number of nitrogens with zero attached hydrogens (tertiary/aromatic N) is 1. The van der Waals surface area contributed by atoms with Gasteiger partial charge in [0.25, 0.3) is 6.43 Å². The van der Waals surface area contributed by atoms with E-state index in [0.717, 1.165) is 12.8 Å². The molecule has 0 spiro atoms. The maximum atomic E-state index is 12.2. The van der Waals surface area contributed by atoms with Crippen LogP contribution in [0.15, 0.2) is 0 Å². The van der Waals surface area contributed by atoms with Crippen LogP contribution >= 0.6 is 24.0 Å². The van der Waals surface area contributed by atoms with E-state index >= 15 is 0 Å². The summed E-state index contributed by atoms with van der Waals surface area (Å²) in [5, 5.41) is 0.